The molecule has 0 aliphatic rings. The highest BCUT2D eigenvalue weighted by molar-refractivity contribution is 7.17. The van der Waals surface area contributed by atoms with E-state index in [1.807, 2.05) is 16.3 Å². The summed E-state index contributed by atoms with van der Waals surface area (Å²) in [5.41, 5.74) is 0.758. The van der Waals surface area contributed by atoms with Crippen molar-refractivity contribution in [3.63, 3.8) is 0 Å². The highest BCUT2D eigenvalue weighted by Gasteiger charge is 2.20. The molecule has 10 heteroatoms. The first-order valence-corrected chi connectivity index (χ1v) is 8.74. The second-order valence-electron chi connectivity index (χ2n) is 5.37. The summed E-state index contributed by atoms with van der Waals surface area (Å²) >= 11 is 1.54. The first kappa shape index (κ1) is 18.2. The van der Waals surface area contributed by atoms with Crippen molar-refractivity contribution in [2.45, 2.75) is 0 Å². The lowest BCUT2D eigenvalue weighted by Gasteiger charge is -2.23. The Morgan fingerprint density at radius 1 is 1.19 bits per heavy atom. The normalized spacial score (nSPS) is 11.2. The quantitative estimate of drug-likeness (QED) is 0.413. The van der Waals surface area contributed by atoms with Gasteiger partial charge in [-0.15, -0.1) is 11.3 Å². The van der Waals surface area contributed by atoms with Crippen molar-refractivity contribution in [2.24, 2.45) is 0 Å². The van der Waals surface area contributed by atoms with E-state index in [0.717, 1.165) is 16.0 Å². The molecule has 3 aromatic heterocycles. The fourth-order valence-corrected chi connectivity index (χ4v) is 3.29. The van der Waals surface area contributed by atoms with Gasteiger partial charge in [-0.1, -0.05) is 0 Å². The van der Waals surface area contributed by atoms with Crippen molar-refractivity contribution in [2.75, 3.05) is 45.4 Å². The van der Waals surface area contributed by atoms with Crippen LogP contribution in [0.5, 0.6) is 0 Å². The molecule has 3 rings (SSSR count). The summed E-state index contributed by atoms with van der Waals surface area (Å²) in [5, 5.41) is 12.8. The topological polar surface area (TPSA) is 104 Å². The number of methoxy groups -OCH3 is 2. The number of fused-ring (bicyclic) bond motifs is 1. The van der Waals surface area contributed by atoms with Crippen LogP contribution in [0.1, 0.15) is 0 Å². The zero-order valence-electron chi connectivity index (χ0n) is 14.4. The van der Waals surface area contributed by atoms with Gasteiger partial charge >= 0.3 is 5.88 Å². The molecule has 0 aliphatic heterocycles. The summed E-state index contributed by atoms with van der Waals surface area (Å²) in [6, 6.07) is 4.69. The summed E-state index contributed by atoms with van der Waals surface area (Å²) in [6.45, 7) is 2.31. The molecule has 0 saturated heterocycles. The van der Waals surface area contributed by atoms with Crippen molar-refractivity contribution in [3.05, 3.63) is 33.7 Å². The Kier molecular flexibility index (Phi) is 5.76. The lowest BCUT2D eigenvalue weighted by atomic mass is 10.3. The summed E-state index contributed by atoms with van der Waals surface area (Å²) in [4.78, 5) is 21.4. The average Bonchev–Trinajstić information content (AvgIpc) is 3.30. The van der Waals surface area contributed by atoms with Crippen molar-refractivity contribution < 1.29 is 18.8 Å². The van der Waals surface area contributed by atoms with Gasteiger partial charge in [0.25, 0.3) is 0 Å². The highest BCUT2D eigenvalue weighted by Crippen LogP contribution is 2.32. The zero-order valence-corrected chi connectivity index (χ0v) is 15.2. The maximum absolute atomic E-state index is 10.9. The molecule has 0 N–H and O–H groups in total. The highest BCUT2D eigenvalue weighted by atomic mass is 32.1. The average molecular weight is 378 g/mol. The Morgan fingerprint density at radius 2 is 1.92 bits per heavy atom. The van der Waals surface area contributed by atoms with E-state index < -0.39 is 4.92 Å². The van der Waals surface area contributed by atoms with Gasteiger partial charge in [0.2, 0.25) is 0 Å². The number of nitrogens with zero attached hydrogens (tertiary/aromatic N) is 4. The molecule has 0 spiro atoms. The Hall–Kier alpha value is -2.56. The summed E-state index contributed by atoms with van der Waals surface area (Å²) in [5.74, 6) is 0.947. The van der Waals surface area contributed by atoms with Gasteiger partial charge in [0.05, 0.1) is 29.5 Å². The van der Waals surface area contributed by atoms with E-state index in [4.69, 9.17) is 13.9 Å². The third-order valence-corrected chi connectivity index (χ3v) is 4.61. The van der Waals surface area contributed by atoms with E-state index in [0.29, 0.717) is 32.1 Å². The van der Waals surface area contributed by atoms with Crippen LogP contribution in [0, 0.1) is 10.1 Å². The van der Waals surface area contributed by atoms with Crippen molar-refractivity contribution >= 4 is 33.3 Å². The number of furan rings is 1. The Bertz CT molecular complexity index is 886. The van der Waals surface area contributed by atoms with E-state index in [9.17, 15) is 10.1 Å². The standard InChI is InChI=1S/C16H18N4O5S/c1-23-8-6-19(7-9-24-2)16-14-11(5-10-26-14)17-15(18-16)12-3-4-13(25-12)20(21)22/h3-5,10H,6-9H2,1-2H3. The molecule has 26 heavy (non-hydrogen) atoms. The van der Waals surface area contributed by atoms with Gasteiger partial charge in [0.1, 0.15) is 4.92 Å². The molecule has 9 nitrogen and oxygen atoms in total. The number of rotatable bonds is 9. The molecule has 3 heterocycles. The minimum atomic E-state index is -0.586. The second-order valence-corrected chi connectivity index (χ2v) is 6.29. The predicted molar refractivity (Wildman–Crippen MR) is 97.7 cm³/mol. The van der Waals surface area contributed by atoms with Crippen LogP contribution in [0.25, 0.3) is 21.8 Å². The van der Waals surface area contributed by atoms with E-state index in [1.54, 1.807) is 14.2 Å². The number of nitro groups is 1. The van der Waals surface area contributed by atoms with Crippen LogP contribution in [0.2, 0.25) is 0 Å². The molecular formula is C16H18N4O5S. The van der Waals surface area contributed by atoms with Crippen molar-refractivity contribution in [3.8, 4) is 11.6 Å². The molecule has 0 fully saturated rings. The summed E-state index contributed by atoms with van der Waals surface area (Å²) in [6.07, 6.45) is 0. The van der Waals surface area contributed by atoms with Gasteiger partial charge in [-0.25, -0.2) is 9.97 Å². The lowest BCUT2D eigenvalue weighted by Crippen LogP contribution is -2.31. The van der Waals surface area contributed by atoms with Crippen LogP contribution < -0.4 is 4.90 Å². The van der Waals surface area contributed by atoms with E-state index in [2.05, 4.69) is 9.97 Å². The Balaban J connectivity index is 2.04. The number of anilines is 1. The van der Waals surface area contributed by atoms with Crippen LogP contribution in [0.4, 0.5) is 11.7 Å². The molecule has 0 bridgehead atoms. The molecule has 0 aliphatic carbocycles. The summed E-state index contributed by atoms with van der Waals surface area (Å²) in [7, 11) is 3.28. The molecule has 3 aromatic rings. The number of aromatic nitrogens is 2. The molecule has 0 aromatic carbocycles. The van der Waals surface area contributed by atoms with Crippen LogP contribution in [0.3, 0.4) is 0 Å². The molecule has 138 valence electrons. The third-order valence-electron chi connectivity index (χ3n) is 3.71. The monoisotopic (exact) mass is 378 g/mol. The SMILES string of the molecule is COCCN(CCOC)c1nc(-c2ccc([N+](=O)[O-])o2)nc2ccsc12. The fraction of sp³-hybridized carbons (Fsp3) is 0.375. The van der Waals surface area contributed by atoms with Gasteiger partial charge < -0.3 is 18.8 Å². The molecule has 0 saturated carbocycles. The maximum Gasteiger partial charge on any atom is 0.433 e. The lowest BCUT2D eigenvalue weighted by molar-refractivity contribution is -0.401. The summed E-state index contributed by atoms with van der Waals surface area (Å²) < 4.78 is 16.6. The van der Waals surface area contributed by atoms with Gasteiger partial charge in [-0.2, -0.15) is 0 Å². The smallest absolute Gasteiger partial charge is 0.397 e. The molecular weight excluding hydrogens is 360 g/mol. The van der Waals surface area contributed by atoms with E-state index in [-0.39, 0.29) is 11.6 Å². The van der Waals surface area contributed by atoms with Crippen molar-refractivity contribution in [1.29, 1.82) is 0 Å². The van der Waals surface area contributed by atoms with Crippen molar-refractivity contribution in [1.82, 2.24) is 9.97 Å². The van der Waals surface area contributed by atoms with E-state index in [1.165, 1.54) is 23.5 Å². The maximum atomic E-state index is 10.9. The first-order chi connectivity index (χ1) is 12.6. The van der Waals surface area contributed by atoms with Crippen LogP contribution in [-0.2, 0) is 9.47 Å². The predicted octanol–water partition coefficient (Wildman–Crippen LogP) is 2.96. The Morgan fingerprint density at radius 3 is 2.54 bits per heavy atom. The van der Waals surface area contributed by atoms with Crippen LogP contribution in [-0.4, -0.2) is 55.4 Å². The minimum absolute atomic E-state index is 0.254. The van der Waals surface area contributed by atoms with Crippen LogP contribution >= 0.6 is 11.3 Å². The van der Waals surface area contributed by atoms with E-state index >= 15 is 0 Å². The molecule has 0 unspecified atom stereocenters. The largest absolute Gasteiger partial charge is 0.433 e. The van der Waals surface area contributed by atoms with Gasteiger partial charge in [0, 0.05) is 27.3 Å². The van der Waals surface area contributed by atoms with Gasteiger partial charge in [-0.05, 0) is 17.5 Å². The van der Waals surface area contributed by atoms with Gasteiger partial charge in [-0.3, -0.25) is 10.1 Å². The number of ether oxygens (including phenoxy) is 2. The van der Waals surface area contributed by atoms with Crippen LogP contribution in [0.15, 0.2) is 28.0 Å². The zero-order chi connectivity index (χ0) is 18.5. The number of hydrogen-bond donors (Lipinski definition) is 0. The molecule has 0 atom stereocenters. The third kappa shape index (κ3) is 3.82. The first-order valence-electron chi connectivity index (χ1n) is 7.86. The Labute approximate surface area is 153 Å². The van der Waals surface area contributed by atoms with Gasteiger partial charge in [0.15, 0.2) is 17.4 Å². The number of thiophene rings is 1. The molecule has 0 amide bonds. The minimum Gasteiger partial charge on any atom is -0.397 e. The fourth-order valence-electron chi connectivity index (χ4n) is 2.45. The second kappa shape index (κ2) is 8.21. The molecule has 0 radical (unpaired) electrons. The number of hydrogen-bond acceptors (Lipinski definition) is 9.